The molecule has 3 aromatic carbocycles. The van der Waals surface area contributed by atoms with Crippen LogP contribution in [0.4, 0.5) is 11.4 Å². The van der Waals surface area contributed by atoms with Gasteiger partial charge in [0.15, 0.2) is 6.10 Å². The van der Waals surface area contributed by atoms with Crippen LogP contribution in [0.3, 0.4) is 0 Å². The van der Waals surface area contributed by atoms with Crippen LogP contribution in [0.15, 0.2) is 66.7 Å². The number of non-ortho nitro benzene ring substituents is 1. The molecule has 0 fully saturated rings. The van der Waals surface area contributed by atoms with Crippen LogP contribution in [0.25, 0.3) is 0 Å². The molecule has 0 aromatic heterocycles. The number of amides is 1. The first-order valence-electron chi connectivity index (χ1n) is 10.8. The molecule has 1 amide bonds. The highest BCUT2D eigenvalue weighted by Crippen LogP contribution is 2.30. The number of benzene rings is 3. The quantitative estimate of drug-likeness (QED) is 0.340. The van der Waals surface area contributed by atoms with E-state index in [9.17, 15) is 14.9 Å². The Labute approximate surface area is 192 Å². The van der Waals surface area contributed by atoms with Gasteiger partial charge in [0.2, 0.25) is 0 Å². The number of nitrogens with zero attached hydrogens (tertiary/aromatic N) is 1. The summed E-state index contributed by atoms with van der Waals surface area (Å²) < 4.78 is 5.60. The van der Waals surface area contributed by atoms with Gasteiger partial charge in [-0.1, -0.05) is 42.5 Å². The lowest BCUT2D eigenvalue weighted by Crippen LogP contribution is -2.34. The second-order valence-electron chi connectivity index (χ2n) is 8.03. The molecule has 0 saturated carbocycles. The number of anilines is 1. The molecule has 4 rings (SSSR count). The lowest BCUT2D eigenvalue weighted by molar-refractivity contribution is -0.384. The molecule has 0 aliphatic carbocycles. The number of carbonyl (C=O) groups excluding carboxylic acids is 1. The lowest BCUT2D eigenvalue weighted by Gasteiger charge is -2.23. The number of nitrogens with one attached hydrogen (secondary N) is 3. The number of rotatable bonds is 9. The van der Waals surface area contributed by atoms with E-state index in [1.54, 1.807) is 19.1 Å². The average molecular weight is 447 g/mol. The van der Waals surface area contributed by atoms with E-state index in [-0.39, 0.29) is 11.6 Å². The number of hydrogen-bond donors (Lipinski definition) is 3. The standard InChI is InChI=1S/C25H26N4O4/c1-17-25(30)28-23-12-21(7-10-24(23)33-17)16-27-15-20-4-2-3-19(11-20)14-26-13-18-5-8-22(9-6-18)29(31)32/h2-12,17,26-27H,13-16H2,1H3,(H,28,30). The third-order valence-electron chi connectivity index (χ3n) is 5.43. The van der Waals surface area contributed by atoms with Crippen LogP contribution in [-0.4, -0.2) is 16.9 Å². The van der Waals surface area contributed by atoms with E-state index < -0.39 is 11.0 Å². The van der Waals surface area contributed by atoms with E-state index in [1.807, 2.05) is 24.3 Å². The second-order valence-corrected chi connectivity index (χ2v) is 8.03. The van der Waals surface area contributed by atoms with Crippen LogP contribution < -0.4 is 20.7 Å². The van der Waals surface area contributed by atoms with E-state index >= 15 is 0 Å². The Morgan fingerprint density at radius 1 is 0.879 bits per heavy atom. The van der Waals surface area contributed by atoms with Crippen molar-refractivity contribution in [2.24, 2.45) is 0 Å². The molecule has 0 bridgehead atoms. The van der Waals surface area contributed by atoms with E-state index in [2.05, 4.69) is 34.1 Å². The van der Waals surface area contributed by atoms with Gasteiger partial charge in [0.1, 0.15) is 5.75 Å². The Morgan fingerprint density at radius 2 is 1.45 bits per heavy atom. The van der Waals surface area contributed by atoms with Gasteiger partial charge in [-0.15, -0.1) is 0 Å². The van der Waals surface area contributed by atoms with Crippen molar-refractivity contribution in [1.82, 2.24) is 10.6 Å². The minimum atomic E-state index is -0.475. The smallest absolute Gasteiger partial charge is 0.269 e. The molecule has 0 radical (unpaired) electrons. The first kappa shape index (κ1) is 22.4. The molecule has 1 atom stereocenters. The fourth-order valence-electron chi connectivity index (χ4n) is 3.65. The molecule has 1 unspecified atom stereocenters. The van der Waals surface area contributed by atoms with Crippen LogP contribution >= 0.6 is 0 Å². The van der Waals surface area contributed by atoms with Gasteiger partial charge in [-0.05, 0) is 41.3 Å². The largest absolute Gasteiger partial charge is 0.479 e. The number of hydrogen-bond acceptors (Lipinski definition) is 6. The summed E-state index contributed by atoms with van der Waals surface area (Å²) in [5, 5.41) is 20.4. The van der Waals surface area contributed by atoms with Gasteiger partial charge >= 0.3 is 0 Å². The molecule has 3 N–H and O–H groups in total. The van der Waals surface area contributed by atoms with Crippen LogP contribution in [0.5, 0.6) is 5.75 Å². The monoisotopic (exact) mass is 446 g/mol. The normalized spacial score (nSPS) is 14.8. The van der Waals surface area contributed by atoms with E-state index in [1.165, 1.54) is 23.3 Å². The molecular formula is C25H26N4O4. The highest BCUT2D eigenvalue weighted by atomic mass is 16.6. The Balaban J connectivity index is 1.25. The number of carbonyl (C=O) groups is 1. The Morgan fingerprint density at radius 3 is 2.09 bits per heavy atom. The maximum absolute atomic E-state index is 11.8. The first-order valence-corrected chi connectivity index (χ1v) is 10.8. The summed E-state index contributed by atoms with van der Waals surface area (Å²) in [7, 11) is 0. The maximum Gasteiger partial charge on any atom is 0.269 e. The van der Waals surface area contributed by atoms with E-state index in [0.717, 1.165) is 11.1 Å². The second kappa shape index (κ2) is 10.2. The minimum Gasteiger partial charge on any atom is -0.479 e. The summed E-state index contributed by atoms with van der Waals surface area (Å²) >= 11 is 0. The van der Waals surface area contributed by atoms with Crippen molar-refractivity contribution in [2.75, 3.05) is 5.32 Å². The minimum absolute atomic E-state index is 0.0991. The van der Waals surface area contributed by atoms with Crippen molar-refractivity contribution >= 4 is 17.3 Å². The van der Waals surface area contributed by atoms with Gasteiger partial charge in [-0.25, -0.2) is 0 Å². The molecule has 3 aromatic rings. The number of fused-ring (bicyclic) bond motifs is 1. The SMILES string of the molecule is CC1Oc2ccc(CNCc3cccc(CNCc4ccc([N+](=O)[O-])cc4)c3)cc2NC1=O. The van der Waals surface area contributed by atoms with Crippen molar-refractivity contribution < 1.29 is 14.5 Å². The fraction of sp³-hybridized carbons (Fsp3) is 0.240. The Kier molecular flexibility index (Phi) is 6.97. The molecule has 8 heteroatoms. The van der Waals surface area contributed by atoms with Crippen LogP contribution in [-0.2, 0) is 31.0 Å². The van der Waals surface area contributed by atoms with Gasteiger partial charge in [0, 0.05) is 38.3 Å². The summed E-state index contributed by atoms with van der Waals surface area (Å²) in [6.45, 7) is 4.45. The fourth-order valence-corrected chi connectivity index (χ4v) is 3.65. The van der Waals surface area contributed by atoms with Crippen LogP contribution in [0, 0.1) is 10.1 Å². The number of ether oxygens (including phenoxy) is 1. The third kappa shape index (κ3) is 5.94. The third-order valence-corrected chi connectivity index (χ3v) is 5.43. The summed E-state index contributed by atoms with van der Waals surface area (Å²) in [6, 6.07) is 20.7. The van der Waals surface area contributed by atoms with Gasteiger partial charge in [-0.2, -0.15) is 0 Å². The predicted molar refractivity (Wildman–Crippen MR) is 126 cm³/mol. The topological polar surface area (TPSA) is 106 Å². The number of nitro groups is 1. The molecule has 0 saturated heterocycles. The zero-order chi connectivity index (χ0) is 23.2. The van der Waals surface area contributed by atoms with E-state index in [0.29, 0.717) is 37.6 Å². The van der Waals surface area contributed by atoms with Crippen molar-refractivity contribution in [3.8, 4) is 5.75 Å². The predicted octanol–water partition coefficient (Wildman–Crippen LogP) is 3.89. The van der Waals surface area contributed by atoms with Crippen molar-refractivity contribution in [3.63, 3.8) is 0 Å². The molecular weight excluding hydrogens is 420 g/mol. The molecule has 8 nitrogen and oxygen atoms in total. The zero-order valence-corrected chi connectivity index (χ0v) is 18.3. The highest BCUT2D eigenvalue weighted by Gasteiger charge is 2.23. The van der Waals surface area contributed by atoms with Crippen molar-refractivity contribution in [3.05, 3.63) is 99.1 Å². The molecule has 170 valence electrons. The molecule has 33 heavy (non-hydrogen) atoms. The van der Waals surface area contributed by atoms with Crippen LogP contribution in [0.2, 0.25) is 0 Å². The van der Waals surface area contributed by atoms with Gasteiger partial charge in [-0.3, -0.25) is 14.9 Å². The Hall–Kier alpha value is -3.75. The zero-order valence-electron chi connectivity index (χ0n) is 18.3. The summed E-state index contributed by atoms with van der Waals surface area (Å²) in [5.41, 5.74) is 5.21. The molecule has 0 spiro atoms. The van der Waals surface area contributed by atoms with E-state index in [4.69, 9.17) is 4.74 Å². The van der Waals surface area contributed by atoms with Crippen molar-refractivity contribution in [1.29, 1.82) is 0 Å². The number of nitro benzene ring substituents is 1. The maximum atomic E-state index is 11.8. The van der Waals surface area contributed by atoms with Crippen LogP contribution in [0.1, 0.15) is 29.2 Å². The van der Waals surface area contributed by atoms with Gasteiger partial charge in [0.05, 0.1) is 10.6 Å². The highest BCUT2D eigenvalue weighted by molar-refractivity contribution is 5.97. The van der Waals surface area contributed by atoms with Gasteiger partial charge < -0.3 is 20.7 Å². The summed E-state index contributed by atoms with van der Waals surface area (Å²) in [5.74, 6) is 0.561. The first-order chi connectivity index (χ1) is 16.0. The summed E-state index contributed by atoms with van der Waals surface area (Å²) in [6.07, 6.45) is -0.475. The molecule has 1 heterocycles. The Bertz CT molecular complexity index is 1150. The summed E-state index contributed by atoms with van der Waals surface area (Å²) in [4.78, 5) is 22.2. The van der Waals surface area contributed by atoms with Gasteiger partial charge in [0.25, 0.3) is 11.6 Å². The average Bonchev–Trinajstić information content (AvgIpc) is 2.81. The van der Waals surface area contributed by atoms with Crippen molar-refractivity contribution in [2.45, 2.75) is 39.2 Å². The lowest BCUT2D eigenvalue weighted by atomic mass is 10.1. The molecule has 1 aliphatic rings. The molecule has 1 aliphatic heterocycles.